The molecule has 0 fully saturated rings. The van der Waals surface area contributed by atoms with Crippen molar-refractivity contribution in [3.05, 3.63) is 59.7 Å². The third kappa shape index (κ3) is 4.45. The largest absolute Gasteiger partial charge is 0.497 e. The summed E-state index contributed by atoms with van der Waals surface area (Å²) in [6.07, 6.45) is 3.15. The van der Waals surface area contributed by atoms with Gasteiger partial charge in [-0.25, -0.2) is 4.98 Å². The average molecular weight is 409 g/mol. The minimum absolute atomic E-state index is 0.00694. The van der Waals surface area contributed by atoms with Gasteiger partial charge in [0, 0.05) is 5.56 Å². The molecule has 2 N–H and O–H groups in total. The fraction of sp³-hybridized carbons (Fsp3) is 0.318. The molecule has 1 aromatic heterocycles. The van der Waals surface area contributed by atoms with Gasteiger partial charge in [-0.1, -0.05) is 36.0 Å². The van der Waals surface area contributed by atoms with Crippen LogP contribution in [0.15, 0.2) is 53.7 Å². The maximum atomic E-state index is 12.8. The van der Waals surface area contributed by atoms with Gasteiger partial charge in [0.2, 0.25) is 11.1 Å². The van der Waals surface area contributed by atoms with Gasteiger partial charge in [-0.15, -0.1) is 5.10 Å². The Balaban J connectivity index is 1.39. The van der Waals surface area contributed by atoms with Crippen molar-refractivity contribution >= 4 is 17.7 Å². The summed E-state index contributed by atoms with van der Waals surface area (Å²) >= 11 is 1.35. The van der Waals surface area contributed by atoms with E-state index in [1.165, 1.54) is 22.9 Å². The van der Waals surface area contributed by atoms with Crippen molar-refractivity contribution in [2.75, 3.05) is 7.11 Å². The van der Waals surface area contributed by atoms with Crippen molar-refractivity contribution < 1.29 is 9.53 Å². The number of fused-ring (bicyclic) bond motifs is 1. The number of carbonyl (C=O) groups excluding carboxylic acids is 1. The van der Waals surface area contributed by atoms with E-state index >= 15 is 0 Å². The van der Waals surface area contributed by atoms with Crippen LogP contribution in [-0.4, -0.2) is 33.4 Å². The lowest BCUT2D eigenvalue weighted by Crippen LogP contribution is -2.35. The standard InChI is InChI=1S/C22H24N4O2S/c1-14(21(27)23-19-9-5-7-15-6-3-4-8-18(15)19)29-22-24-20(25-26-22)16-10-12-17(28-2)13-11-16/h3-4,6,8,10-14,19H,5,7,9H2,1-2H3,(H,23,27)(H,24,25,26)/t14-,19+/m0/s1. The molecule has 29 heavy (non-hydrogen) atoms. The van der Waals surface area contributed by atoms with Crippen LogP contribution in [0, 0.1) is 0 Å². The number of aromatic amines is 1. The van der Waals surface area contributed by atoms with E-state index < -0.39 is 0 Å². The van der Waals surface area contributed by atoms with Gasteiger partial charge in [-0.05, 0) is 61.6 Å². The number of amides is 1. The van der Waals surface area contributed by atoms with Gasteiger partial charge in [0.15, 0.2) is 5.82 Å². The summed E-state index contributed by atoms with van der Waals surface area (Å²) in [4.78, 5) is 17.3. The molecular weight excluding hydrogens is 384 g/mol. The van der Waals surface area contributed by atoms with Gasteiger partial charge in [-0.2, -0.15) is 0 Å². The molecule has 1 amide bonds. The van der Waals surface area contributed by atoms with Gasteiger partial charge in [0.25, 0.3) is 0 Å². The number of aryl methyl sites for hydroxylation is 1. The lowest BCUT2D eigenvalue weighted by atomic mass is 9.88. The Morgan fingerprint density at radius 2 is 2.03 bits per heavy atom. The van der Waals surface area contributed by atoms with E-state index in [2.05, 4.69) is 38.7 Å². The van der Waals surface area contributed by atoms with Gasteiger partial charge < -0.3 is 10.1 Å². The second-order valence-corrected chi connectivity index (χ2v) is 8.42. The van der Waals surface area contributed by atoms with E-state index in [4.69, 9.17) is 4.74 Å². The molecule has 0 radical (unpaired) electrons. The smallest absolute Gasteiger partial charge is 0.233 e. The summed E-state index contributed by atoms with van der Waals surface area (Å²) in [5.74, 6) is 1.47. The zero-order chi connectivity index (χ0) is 20.2. The van der Waals surface area contributed by atoms with E-state index in [0.29, 0.717) is 11.0 Å². The summed E-state index contributed by atoms with van der Waals surface area (Å²) in [5, 5.41) is 10.7. The van der Waals surface area contributed by atoms with Crippen molar-refractivity contribution in [2.45, 2.75) is 42.6 Å². The van der Waals surface area contributed by atoms with Crippen molar-refractivity contribution in [2.24, 2.45) is 0 Å². The number of carbonyl (C=O) groups is 1. The lowest BCUT2D eigenvalue weighted by molar-refractivity contribution is -0.121. The molecule has 150 valence electrons. The van der Waals surface area contributed by atoms with Gasteiger partial charge in [0.05, 0.1) is 18.4 Å². The quantitative estimate of drug-likeness (QED) is 0.599. The maximum absolute atomic E-state index is 12.8. The van der Waals surface area contributed by atoms with Crippen LogP contribution >= 0.6 is 11.8 Å². The zero-order valence-corrected chi connectivity index (χ0v) is 17.3. The van der Waals surface area contributed by atoms with E-state index in [1.807, 2.05) is 37.3 Å². The highest BCUT2D eigenvalue weighted by molar-refractivity contribution is 8.00. The molecule has 2 aromatic carbocycles. The normalized spacial score (nSPS) is 16.7. The molecule has 0 aliphatic heterocycles. The average Bonchev–Trinajstić information content (AvgIpc) is 3.22. The van der Waals surface area contributed by atoms with Crippen LogP contribution in [0.4, 0.5) is 0 Å². The van der Waals surface area contributed by atoms with E-state index in [9.17, 15) is 4.79 Å². The highest BCUT2D eigenvalue weighted by Gasteiger charge is 2.24. The number of benzene rings is 2. The molecule has 0 saturated heterocycles. The Bertz CT molecular complexity index is 986. The predicted octanol–water partition coefficient (Wildman–Crippen LogP) is 4.15. The molecule has 7 heteroatoms. The second-order valence-electron chi connectivity index (χ2n) is 7.11. The molecule has 2 atom stereocenters. The Hall–Kier alpha value is -2.80. The molecule has 1 heterocycles. The minimum atomic E-state index is -0.288. The van der Waals surface area contributed by atoms with Crippen LogP contribution in [0.25, 0.3) is 11.4 Å². The first-order valence-electron chi connectivity index (χ1n) is 9.75. The molecule has 4 rings (SSSR count). The monoisotopic (exact) mass is 408 g/mol. The fourth-order valence-electron chi connectivity index (χ4n) is 3.58. The number of nitrogens with one attached hydrogen (secondary N) is 2. The van der Waals surface area contributed by atoms with Crippen LogP contribution in [0.3, 0.4) is 0 Å². The molecule has 1 aliphatic rings. The molecule has 0 unspecified atom stereocenters. The summed E-state index contributed by atoms with van der Waals surface area (Å²) in [5.41, 5.74) is 3.49. The number of nitrogens with zero attached hydrogens (tertiary/aromatic N) is 2. The van der Waals surface area contributed by atoms with Crippen LogP contribution < -0.4 is 10.1 Å². The number of H-pyrrole nitrogens is 1. The third-order valence-electron chi connectivity index (χ3n) is 5.17. The topological polar surface area (TPSA) is 79.9 Å². The molecular formula is C22H24N4O2S. The Morgan fingerprint density at radius 3 is 2.83 bits per heavy atom. The molecule has 3 aromatic rings. The Kier molecular flexibility index (Phi) is 5.85. The number of rotatable bonds is 6. The van der Waals surface area contributed by atoms with Gasteiger partial charge in [-0.3, -0.25) is 9.89 Å². The number of methoxy groups -OCH3 is 1. The number of hydrogen-bond acceptors (Lipinski definition) is 5. The third-order valence-corrected chi connectivity index (χ3v) is 6.13. The lowest BCUT2D eigenvalue weighted by Gasteiger charge is -2.27. The van der Waals surface area contributed by atoms with Gasteiger partial charge >= 0.3 is 0 Å². The Morgan fingerprint density at radius 1 is 1.24 bits per heavy atom. The van der Waals surface area contributed by atoms with Gasteiger partial charge in [0.1, 0.15) is 5.75 Å². The van der Waals surface area contributed by atoms with E-state index in [0.717, 1.165) is 30.6 Å². The highest BCUT2D eigenvalue weighted by Crippen LogP contribution is 2.30. The summed E-state index contributed by atoms with van der Waals surface area (Å²) in [6.45, 7) is 1.89. The summed E-state index contributed by atoms with van der Waals surface area (Å²) in [6, 6.07) is 16.0. The summed E-state index contributed by atoms with van der Waals surface area (Å²) in [7, 11) is 1.64. The van der Waals surface area contributed by atoms with E-state index in [-0.39, 0.29) is 17.2 Å². The molecule has 1 aliphatic carbocycles. The van der Waals surface area contributed by atoms with Crippen LogP contribution in [-0.2, 0) is 11.2 Å². The number of hydrogen-bond donors (Lipinski definition) is 2. The van der Waals surface area contributed by atoms with Crippen LogP contribution in [0.1, 0.15) is 36.9 Å². The zero-order valence-electron chi connectivity index (χ0n) is 16.5. The first kappa shape index (κ1) is 19.5. The Labute approximate surface area is 174 Å². The van der Waals surface area contributed by atoms with Crippen LogP contribution in [0.5, 0.6) is 5.75 Å². The number of thioether (sulfide) groups is 1. The fourth-order valence-corrected chi connectivity index (χ4v) is 4.32. The SMILES string of the molecule is COc1ccc(-c2nc(S[C@@H](C)C(=O)N[C@@H]3CCCc4ccccc43)n[nH]2)cc1. The summed E-state index contributed by atoms with van der Waals surface area (Å²) < 4.78 is 5.18. The van der Waals surface area contributed by atoms with Crippen molar-refractivity contribution in [3.8, 4) is 17.1 Å². The molecule has 6 nitrogen and oxygen atoms in total. The molecule has 0 saturated carbocycles. The first-order chi connectivity index (χ1) is 14.1. The highest BCUT2D eigenvalue weighted by atomic mass is 32.2. The molecule has 0 spiro atoms. The first-order valence-corrected chi connectivity index (χ1v) is 10.6. The van der Waals surface area contributed by atoms with Crippen molar-refractivity contribution in [3.63, 3.8) is 0 Å². The maximum Gasteiger partial charge on any atom is 0.233 e. The van der Waals surface area contributed by atoms with Crippen LogP contribution in [0.2, 0.25) is 0 Å². The van der Waals surface area contributed by atoms with E-state index in [1.54, 1.807) is 7.11 Å². The van der Waals surface area contributed by atoms with Crippen molar-refractivity contribution in [1.29, 1.82) is 0 Å². The minimum Gasteiger partial charge on any atom is -0.497 e. The molecule has 0 bridgehead atoms. The number of aromatic nitrogens is 3. The number of ether oxygens (including phenoxy) is 1. The second kappa shape index (κ2) is 8.69. The predicted molar refractivity (Wildman–Crippen MR) is 114 cm³/mol. The van der Waals surface area contributed by atoms with Crippen molar-refractivity contribution in [1.82, 2.24) is 20.5 Å².